The summed E-state index contributed by atoms with van der Waals surface area (Å²) in [5.74, 6) is 1.91. The van der Waals surface area contributed by atoms with Gasteiger partial charge in [0, 0.05) is 42.8 Å². The molecule has 2 fully saturated rings. The molecule has 0 spiro atoms. The molecule has 4 nitrogen and oxygen atoms in total. The molecule has 0 amide bonds. The maximum Gasteiger partial charge on any atom is 0.129 e. The number of hydrogen-bond acceptors (Lipinski definition) is 4. The average molecular weight is 401 g/mol. The van der Waals surface area contributed by atoms with Crippen molar-refractivity contribution in [3.63, 3.8) is 0 Å². The molecular formula is C26H32N4. The summed E-state index contributed by atoms with van der Waals surface area (Å²) in [6.45, 7) is 4.28. The van der Waals surface area contributed by atoms with Gasteiger partial charge in [0.1, 0.15) is 5.82 Å². The van der Waals surface area contributed by atoms with Crippen molar-refractivity contribution in [2.45, 2.75) is 38.5 Å². The molecule has 1 aromatic carbocycles. The van der Waals surface area contributed by atoms with Gasteiger partial charge in [-0.3, -0.25) is 0 Å². The number of fused-ring (bicyclic) bond motifs is 1. The van der Waals surface area contributed by atoms with Gasteiger partial charge in [0.2, 0.25) is 0 Å². The number of rotatable bonds is 4. The lowest BCUT2D eigenvalue weighted by Gasteiger charge is -2.33. The summed E-state index contributed by atoms with van der Waals surface area (Å²) >= 11 is 0. The van der Waals surface area contributed by atoms with Crippen molar-refractivity contribution < 1.29 is 0 Å². The molecule has 4 heteroatoms. The number of piperazine rings is 1. The van der Waals surface area contributed by atoms with Crippen LogP contribution in [0, 0.1) is 5.92 Å². The highest BCUT2D eigenvalue weighted by Crippen LogP contribution is 2.30. The van der Waals surface area contributed by atoms with E-state index in [1.165, 1.54) is 48.7 Å². The van der Waals surface area contributed by atoms with Crippen LogP contribution in [0.25, 0.3) is 22.2 Å². The second-order valence-corrected chi connectivity index (χ2v) is 9.09. The van der Waals surface area contributed by atoms with Crippen LogP contribution >= 0.6 is 0 Å². The monoisotopic (exact) mass is 400 g/mol. The van der Waals surface area contributed by atoms with Gasteiger partial charge < -0.3 is 9.80 Å². The van der Waals surface area contributed by atoms with E-state index in [-0.39, 0.29) is 0 Å². The molecule has 30 heavy (non-hydrogen) atoms. The summed E-state index contributed by atoms with van der Waals surface area (Å²) in [4.78, 5) is 15.0. The zero-order chi connectivity index (χ0) is 20.3. The minimum absolute atomic E-state index is 0.784. The quantitative estimate of drug-likeness (QED) is 0.605. The third kappa shape index (κ3) is 4.34. The summed E-state index contributed by atoms with van der Waals surface area (Å²) in [7, 11) is 2.20. The fraction of sp³-hybridized carbons (Fsp3) is 0.462. The van der Waals surface area contributed by atoms with Gasteiger partial charge >= 0.3 is 0 Å². The molecule has 0 unspecified atom stereocenters. The molecule has 1 aliphatic heterocycles. The van der Waals surface area contributed by atoms with Crippen LogP contribution in [-0.2, 0) is 6.42 Å². The van der Waals surface area contributed by atoms with Crippen LogP contribution in [0.4, 0.5) is 5.82 Å². The van der Waals surface area contributed by atoms with E-state index in [0.29, 0.717) is 0 Å². The third-order valence-electron chi connectivity index (χ3n) is 6.81. The maximum absolute atomic E-state index is 5.14. The van der Waals surface area contributed by atoms with Crippen LogP contribution in [0.15, 0.2) is 48.5 Å². The van der Waals surface area contributed by atoms with E-state index in [1.807, 2.05) is 0 Å². The van der Waals surface area contributed by atoms with Crippen molar-refractivity contribution in [1.29, 1.82) is 0 Å². The SMILES string of the molecule is CN1CCN(c2cc(-c3ccc4ccccc4n3)cc(CC3CCCCC3)n2)CC1. The predicted molar refractivity (Wildman–Crippen MR) is 125 cm³/mol. The second-order valence-electron chi connectivity index (χ2n) is 9.09. The van der Waals surface area contributed by atoms with E-state index in [1.54, 1.807) is 0 Å². The maximum atomic E-state index is 5.14. The summed E-state index contributed by atoms with van der Waals surface area (Å²) in [5, 5.41) is 1.19. The number of likely N-dealkylation sites (N-methyl/N-ethyl adjacent to an activating group) is 1. The van der Waals surface area contributed by atoms with Crippen LogP contribution in [0.5, 0.6) is 0 Å². The first-order chi connectivity index (χ1) is 14.7. The first kappa shape index (κ1) is 19.5. The Labute approximate surface area is 179 Å². The third-order valence-corrected chi connectivity index (χ3v) is 6.81. The first-order valence-electron chi connectivity index (χ1n) is 11.6. The molecule has 1 saturated carbocycles. The van der Waals surface area contributed by atoms with Crippen molar-refractivity contribution in [3.8, 4) is 11.3 Å². The molecule has 3 aromatic rings. The molecule has 0 radical (unpaired) electrons. The van der Waals surface area contributed by atoms with E-state index in [9.17, 15) is 0 Å². The van der Waals surface area contributed by atoms with E-state index in [4.69, 9.17) is 9.97 Å². The molecule has 156 valence electrons. The predicted octanol–water partition coefficient (Wildman–Crippen LogP) is 5.17. The van der Waals surface area contributed by atoms with Crippen molar-refractivity contribution in [2.75, 3.05) is 38.1 Å². The van der Waals surface area contributed by atoms with Gasteiger partial charge in [-0.1, -0.05) is 56.4 Å². The van der Waals surface area contributed by atoms with Crippen LogP contribution in [0.3, 0.4) is 0 Å². The van der Waals surface area contributed by atoms with Crippen molar-refractivity contribution in [2.24, 2.45) is 5.92 Å². The summed E-state index contributed by atoms with van der Waals surface area (Å²) in [5.41, 5.74) is 4.55. The highest BCUT2D eigenvalue weighted by atomic mass is 15.3. The van der Waals surface area contributed by atoms with Crippen LogP contribution in [-0.4, -0.2) is 48.1 Å². The lowest BCUT2D eigenvalue weighted by Crippen LogP contribution is -2.44. The molecule has 2 aliphatic rings. The highest BCUT2D eigenvalue weighted by molar-refractivity contribution is 5.81. The Hall–Kier alpha value is -2.46. The second kappa shape index (κ2) is 8.73. The van der Waals surface area contributed by atoms with E-state index >= 15 is 0 Å². The zero-order valence-electron chi connectivity index (χ0n) is 18.1. The largest absolute Gasteiger partial charge is 0.354 e. The van der Waals surface area contributed by atoms with Gasteiger partial charge in [-0.25, -0.2) is 9.97 Å². The number of pyridine rings is 2. The summed E-state index contributed by atoms with van der Waals surface area (Å²) < 4.78 is 0. The Kier molecular flexibility index (Phi) is 5.67. The number of hydrogen-bond donors (Lipinski definition) is 0. The van der Waals surface area contributed by atoms with Crippen LogP contribution in [0.1, 0.15) is 37.8 Å². The Morgan fingerprint density at radius 1 is 0.867 bits per heavy atom. The Morgan fingerprint density at radius 3 is 2.50 bits per heavy atom. The molecule has 0 N–H and O–H groups in total. The van der Waals surface area contributed by atoms with E-state index in [2.05, 4.69) is 65.4 Å². The molecule has 3 heterocycles. The minimum atomic E-state index is 0.784. The molecule has 0 bridgehead atoms. The molecule has 1 saturated heterocycles. The molecule has 5 rings (SSSR count). The van der Waals surface area contributed by atoms with Crippen LogP contribution in [0.2, 0.25) is 0 Å². The van der Waals surface area contributed by atoms with Crippen molar-refractivity contribution in [3.05, 3.63) is 54.2 Å². The summed E-state index contributed by atoms with van der Waals surface area (Å²) in [6.07, 6.45) is 7.96. The lowest BCUT2D eigenvalue weighted by molar-refractivity contribution is 0.312. The minimum Gasteiger partial charge on any atom is -0.354 e. The topological polar surface area (TPSA) is 32.3 Å². The van der Waals surface area contributed by atoms with Gasteiger partial charge in [0.05, 0.1) is 11.2 Å². The highest BCUT2D eigenvalue weighted by Gasteiger charge is 2.20. The van der Waals surface area contributed by atoms with Gasteiger partial charge in [0.25, 0.3) is 0 Å². The number of para-hydroxylation sites is 1. The molecule has 0 atom stereocenters. The fourth-order valence-electron chi connectivity index (χ4n) is 4.94. The average Bonchev–Trinajstić information content (AvgIpc) is 2.80. The standard InChI is InChI=1S/C26H32N4/c1-29-13-15-30(16-14-29)26-19-22(18-23(27-26)17-20-7-3-2-4-8-20)25-12-11-21-9-5-6-10-24(21)28-25/h5-6,9-12,18-20H,2-4,7-8,13-17H2,1H3. The smallest absolute Gasteiger partial charge is 0.129 e. The Bertz CT molecular complexity index is 1000. The van der Waals surface area contributed by atoms with Gasteiger partial charge in [-0.2, -0.15) is 0 Å². The number of anilines is 1. The van der Waals surface area contributed by atoms with Crippen molar-refractivity contribution in [1.82, 2.24) is 14.9 Å². The fourth-order valence-corrected chi connectivity index (χ4v) is 4.94. The van der Waals surface area contributed by atoms with Crippen LogP contribution < -0.4 is 4.90 Å². The van der Waals surface area contributed by atoms with Gasteiger partial charge in [-0.15, -0.1) is 0 Å². The van der Waals surface area contributed by atoms with E-state index < -0.39 is 0 Å². The Morgan fingerprint density at radius 2 is 1.67 bits per heavy atom. The molecule has 1 aliphatic carbocycles. The van der Waals surface area contributed by atoms with E-state index in [0.717, 1.165) is 55.5 Å². The van der Waals surface area contributed by atoms with Crippen molar-refractivity contribution >= 4 is 16.7 Å². The number of aromatic nitrogens is 2. The lowest BCUT2D eigenvalue weighted by atomic mass is 9.86. The molecule has 2 aromatic heterocycles. The normalized spacial score (nSPS) is 18.8. The molecular weight excluding hydrogens is 368 g/mol. The number of benzene rings is 1. The first-order valence-corrected chi connectivity index (χ1v) is 11.6. The Balaban J connectivity index is 1.50. The zero-order valence-corrected chi connectivity index (χ0v) is 18.1. The number of nitrogens with zero attached hydrogens (tertiary/aromatic N) is 4. The van der Waals surface area contributed by atoms with Gasteiger partial charge in [-0.05, 0) is 43.7 Å². The summed E-state index contributed by atoms with van der Waals surface area (Å²) in [6, 6.07) is 17.3. The van der Waals surface area contributed by atoms with Gasteiger partial charge in [0.15, 0.2) is 0 Å².